The number of halogens is 3. The summed E-state index contributed by atoms with van der Waals surface area (Å²) in [6, 6.07) is 8.47. The summed E-state index contributed by atoms with van der Waals surface area (Å²) in [5.41, 5.74) is 2.34. The molecule has 2 rings (SSSR count). The lowest BCUT2D eigenvalue weighted by molar-refractivity contribution is -0.895. The molecule has 1 aromatic carbocycles. The number of hydrogen-bond donors (Lipinski definition) is 2. The van der Waals surface area contributed by atoms with E-state index in [0.29, 0.717) is 0 Å². The first-order chi connectivity index (χ1) is 10.7. The van der Waals surface area contributed by atoms with Crippen molar-refractivity contribution in [1.29, 1.82) is 0 Å². The maximum Gasteiger partial charge on any atom is 0.405 e. The molecule has 1 fully saturated rings. The van der Waals surface area contributed by atoms with Crippen LogP contribution in [0.25, 0.3) is 0 Å². The van der Waals surface area contributed by atoms with Crippen LogP contribution in [0.15, 0.2) is 24.3 Å². The highest BCUT2D eigenvalue weighted by Crippen LogP contribution is 2.18. The van der Waals surface area contributed by atoms with Crippen molar-refractivity contribution in [2.75, 3.05) is 37.6 Å². The zero-order chi connectivity index (χ0) is 17.0. The van der Waals surface area contributed by atoms with Crippen molar-refractivity contribution in [2.45, 2.75) is 26.1 Å². The first kappa shape index (κ1) is 17.6. The molecule has 128 valence electrons. The van der Waals surface area contributed by atoms with Gasteiger partial charge in [0.05, 0.1) is 25.7 Å². The van der Waals surface area contributed by atoms with Crippen LogP contribution in [0, 0.1) is 6.92 Å². The quantitative estimate of drug-likeness (QED) is 0.856. The second-order valence-electron chi connectivity index (χ2n) is 6.15. The fourth-order valence-electron chi connectivity index (χ4n) is 2.97. The number of carbonyl (C=O) groups excluding carboxylic acids is 1. The summed E-state index contributed by atoms with van der Waals surface area (Å²) in [4.78, 5) is 14.9. The smallest absolute Gasteiger partial charge is 0.358 e. The van der Waals surface area contributed by atoms with Gasteiger partial charge in [-0.1, -0.05) is 12.1 Å². The Morgan fingerprint density at radius 2 is 2.17 bits per heavy atom. The first-order valence-corrected chi connectivity index (χ1v) is 7.75. The Morgan fingerprint density at radius 1 is 1.43 bits per heavy atom. The molecule has 0 saturated carbocycles. The van der Waals surface area contributed by atoms with Gasteiger partial charge in [0.2, 0.25) is 0 Å². The van der Waals surface area contributed by atoms with Crippen molar-refractivity contribution in [3.05, 3.63) is 29.8 Å². The number of quaternary nitrogens is 1. The molecule has 0 aliphatic carbocycles. The predicted octanol–water partition coefficient (Wildman–Crippen LogP) is 0.767. The Bertz CT molecular complexity index is 548. The molecule has 7 heteroatoms. The third-order valence-corrected chi connectivity index (χ3v) is 4.05. The molecule has 1 unspecified atom stereocenters. The summed E-state index contributed by atoms with van der Waals surface area (Å²) >= 11 is 0. The van der Waals surface area contributed by atoms with Gasteiger partial charge in [-0.3, -0.25) is 4.79 Å². The van der Waals surface area contributed by atoms with Gasteiger partial charge in [-0.2, -0.15) is 13.2 Å². The fourth-order valence-corrected chi connectivity index (χ4v) is 2.97. The van der Waals surface area contributed by atoms with Gasteiger partial charge in [0.15, 0.2) is 6.54 Å². The molecule has 0 bridgehead atoms. The zero-order valence-corrected chi connectivity index (χ0v) is 13.4. The van der Waals surface area contributed by atoms with Crippen LogP contribution in [0.5, 0.6) is 0 Å². The normalized spacial score (nSPS) is 22.0. The van der Waals surface area contributed by atoms with E-state index in [1.54, 1.807) is 0 Å². The van der Waals surface area contributed by atoms with Crippen LogP contribution >= 0.6 is 0 Å². The second-order valence-corrected chi connectivity index (χ2v) is 6.15. The fraction of sp³-hybridized carbons (Fsp3) is 0.562. The van der Waals surface area contributed by atoms with Gasteiger partial charge in [0.25, 0.3) is 5.91 Å². The summed E-state index contributed by atoms with van der Waals surface area (Å²) in [6.07, 6.45) is -4.36. The number of anilines is 1. The number of benzene rings is 1. The van der Waals surface area contributed by atoms with Crippen LogP contribution in [0.3, 0.4) is 0 Å². The van der Waals surface area contributed by atoms with Gasteiger partial charge in [-0.25, -0.2) is 0 Å². The largest absolute Gasteiger partial charge is 0.405 e. The van der Waals surface area contributed by atoms with E-state index in [2.05, 4.69) is 24.0 Å². The minimum atomic E-state index is -4.36. The molecule has 0 spiro atoms. The van der Waals surface area contributed by atoms with Crippen molar-refractivity contribution in [1.82, 2.24) is 5.32 Å². The Kier molecular flexibility index (Phi) is 5.51. The summed E-state index contributed by atoms with van der Waals surface area (Å²) in [5.74, 6) is -0.548. The number of amides is 1. The molecule has 1 aromatic rings. The van der Waals surface area contributed by atoms with Crippen molar-refractivity contribution in [3.63, 3.8) is 0 Å². The molecule has 1 aliphatic rings. The average Bonchev–Trinajstić information content (AvgIpc) is 2.44. The van der Waals surface area contributed by atoms with Crippen LogP contribution in [0.2, 0.25) is 0 Å². The van der Waals surface area contributed by atoms with Crippen LogP contribution in [-0.4, -0.2) is 50.8 Å². The molecular formula is C16H23F3N3O+. The van der Waals surface area contributed by atoms with Gasteiger partial charge >= 0.3 is 6.18 Å². The minimum absolute atomic E-state index is 0.0854. The SMILES string of the molecule is Cc1cccc(N2CC[NH+](CC(=O)NCC(F)(F)F)C[C@@H]2C)c1. The van der Waals surface area contributed by atoms with Crippen LogP contribution < -0.4 is 15.1 Å². The number of rotatable bonds is 4. The van der Waals surface area contributed by atoms with E-state index < -0.39 is 18.6 Å². The summed E-state index contributed by atoms with van der Waals surface area (Å²) < 4.78 is 36.3. The molecule has 2 N–H and O–H groups in total. The third-order valence-electron chi connectivity index (χ3n) is 4.05. The van der Waals surface area contributed by atoms with Crippen LogP contribution in [0.1, 0.15) is 12.5 Å². The van der Waals surface area contributed by atoms with Crippen molar-refractivity contribution in [3.8, 4) is 0 Å². The number of aryl methyl sites for hydroxylation is 1. The maximum absolute atomic E-state index is 12.1. The molecule has 1 amide bonds. The average molecular weight is 330 g/mol. The number of piperazine rings is 1. The number of nitrogens with zero attached hydrogens (tertiary/aromatic N) is 1. The minimum Gasteiger partial charge on any atom is -0.358 e. The highest BCUT2D eigenvalue weighted by atomic mass is 19.4. The Hall–Kier alpha value is -1.76. The van der Waals surface area contributed by atoms with E-state index in [1.807, 2.05) is 24.4 Å². The predicted molar refractivity (Wildman–Crippen MR) is 82.6 cm³/mol. The number of nitrogens with one attached hydrogen (secondary N) is 2. The highest BCUT2D eigenvalue weighted by molar-refractivity contribution is 5.76. The molecule has 0 radical (unpaired) electrons. The Labute approximate surface area is 134 Å². The van der Waals surface area contributed by atoms with Crippen LogP contribution in [0.4, 0.5) is 18.9 Å². The molecule has 1 saturated heterocycles. The van der Waals surface area contributed by atoms with Crippen molar-refractivity contribution >= 4 is 11.6 Å². The standard InChI is InChI=1S/C16H22F3N3O/c1-12-4-3-5-14(8-12)22-7-6-21(9-13(22)2)10-15(23)20-11-16(17,18)19/h3-5,8,13H,6-7,9-11H2,1-2H3,(H,20,23)/p+1/t13-/m0/s1. The van der Waals surface area contributed by atoms with E-state index in [0.717, 1.165) is 30.2 Å². The zero-order valence-electron chi connectivity index (χ0n) is 13.4. The van der Waals surface area contributed by atoms with Gasteiger partial charge in [-0.15, -0.1) is 0 Å². The van der Waals surface area contributed by atoms with Gasteiger partial charge in [-0.05, 0) is 31.5 Å². The molecule has 2 atom stereocenters. The van der Waals surface area contributed by atoms with Crippen molar-refractivity contribution in [2.24, 2.45) is 0 Å². The molecule has 1 heterocycles. The number of carbonyl (C=O) groups is 1. The molecule has 1 aliphatic heterocycles. The molecule has 23 heavy (non-hydrogen) atoms. The molecule has 0 aromatic heterocycles. The van der Waals surface area contributed by atoms with E-state index in [1.165, 1.54) is 5.56 Å². The Balaban J connectivity index is 1.85. The third kappa shape index (κ3) is 5.42. The topological polar surface area (TPSA) is 36.8 Å². The lowest BCUT2D eigenvalue weighted by Gasteiger charge is -2.38. The maximum atomic E-state index is 12.1. The van der Waals surface area contributed by atoms with Gasteiger partial charge in [0.1, 0.15) is 6.54 Å². The molecular weight excluding hydrogens is 307 g/mol. The number of alkyl halides is 3. The summed E-state index contributed by atoms with van der Waals surface area (Å²) in [6.45, 7) is 5.19. The monoisotopic (exact) mass is 330 g/mol. The highest BCUT2D eigenvalue weighted by Gasteiger charge is 2.31. The van der Waals surface area contributed by atoms with E-state index in [-0.39, 0.29) is 12.6 Å². The van der Waals surface area contributed by atoms with E-state index in [9.17, 15) is 18.0 Å². The van der Waals surface area contributed by atoms with Crippen molar-refractivity contribution < 1.29 is 22.9 Å². The molecule has 4 nitrogen and oxygen atoms in total. The Morgan fingerprint density at radius 3 is 2.78 bits per heavy atom. The van der Waals surface area contributed by atoms with E-state index in [4.69, 9.17) is 0 Å². The summed E-state index contributed by atoms with van der Waals surface area (Å²) in [7, 11) is 0. The number of hydrogen-bond acceptors (Lipinski definition) is 2. The van der Waals surface area contributed by atoms with Gasteiger partial charge < -0.3 is 15.1 Å². The lowest BCUT2D eigenvalue weighted by Crippen LogP contribution is -3.16. The van der Waals surface area contributed by atoms with Crippen LogP contribution in [-0.2, 0) is 4.79 Å². The second kappa shape index (κ2) is 7.21. The lowest BCUT2D eigenvalue weighted by atomic mass is 10.1. The van der Waals surface area contributed by atoms with Gasteiger partial charge in [0, 0.05) is 5.69 Å². The van der Waals surface area contributed by atoms with E-state index >= 15 is 0 Å². The first-order valence-electron chi connectivity index (χ1n) is 7.75. The summed E-state index contributed by atoms with van der Waals surface area (Å²) in [5, 5.41) is 1.94.